The quantitative estimate of drug-likeness (QED) is 0.620. The van der Waals surface area contributed by atoms with Crippen molar-refractivity contribution in [3.05, 3.63) is 23.8 Å². The van der Waals surface area contributed by atoms with Gasteiger partial charge in [-0.1, -0.05) is 6.92 Å². The SMILES string of the molecule is CCC(C)NC(N)=NCc1nccc(C(F)F)n1. The van der Waals surface area contributed by atoms with E-state index >= 15 is 0 Å². The van der Waals surface area contributed by atoms with E-state index < -0.39 is 6.43 Å². The molecule has 1 rings (SSSR count). The van der Waals surface area contributed by atoms with Gasteiger partial charge in [-0.3, -0.25) is 0 Å². The van der Waals surface area contributed by atoms with E-state index in [1.165, 1.54) is 12.3 Å². The molecule has 0 spiro atoms. The van der Waals surface area contributed by atoms with Gasteiger partial charge >= 0.3 is 0 Å². The first-order valence-electron chi connectivity index (χ1n) is 5.69. The summed E-state index contributed by atoms with van der Waals surface area (Å²) in [4.78, 5) is 11.5. The number of halogens is 2. The maximum Gasteiger partial charge on any atom is 0.280 e. The van der Waals surface area contributed by atoms with Crippen LogP contribution in [0, 0.1) is 0 Å². The molecule has 0 saturated heterocycles. The van der Waals surface area contributed by atoms with Crippen molar-refractivity contribution in [2.45, 2.75) is 39.3 Å². The highest BCUT2D eigenvalue weighted by Crippen LogP contribution is 2.15. The van der Waals surface area contributed by atoms with Crippen LogP contribution < -0.4 is 11.1 Å². The lowest BCUT2D eigenvalue weighted by Gasteiger charge is -2.11. The molecule has 0 aliphatic rings. The zero-order valence-corrected chi connectivity index (χ0v) is 10.4. The zero-order chi connectivity index (χ0) is 13.5. The second kappa shape index (κ2) is 6.83. The van der Waals surface area contributed by atoms with Gasteiger partial charge in [0.05, 0.1) is 0 Å². The Morgan fingerprint density at radius 2 is 2.28 bits per heavy atom. The van der Waals surface area contributed by atoms with Gasteiger partial charge in [0.25, 0.3) is 6.43 Å². The number of guanidine groups is 1. The minimum absolute atomic E-state index is 0.0792. The summed E-state index contributed by atoms with van der Waals surface area (Å²) in [6.07, 6.45) is -0.406. The molecule has 100 valence electrons. The molecule has 18 heavy (non-hydrogen) atoms. The smallest absolute Gasteiger partial charge is 0.280 e. The van der Waals surface area contributed by atoms with Gasteiger partial charge in [-0.25, -0.2) is 23.7 Å². The van der Waals surface area contributed by atoms with Crippen molar-refractivity contribution < 1.29 is 8.78 Å². The Morgan fingerprint density at radius 3 is 2.89 bits per heavy atom. The Bertz CT molecular complexity index is 408. The largest absolute Gasteiger partial charge is 0.370 e. The Labute approximate surface area is 105 Å². The van der Waals surface area contributed by atoms with Gasteiger partial charge in [0.1, 0.15) is 18.1 Å². The lowest BCUT2D eigenvalue weighted by Crippen LogP contribution is -2.38. The average molecular weight is 257 g/mol. The van der Waals surface area contributed by atoms with Gasteiger partial charge in [-0.2, -0.15) is 0 Å². The van der Waals surface area contributed by atoms with Crippen LogP contribution in [0.1, 0.15) is 38.2 Å². The minimum atomic E-state index is -2.61. The second-order valence-corrected chi connectivity index (χ2v) is 3.85. The van der Waals surface area contributed by atoms with Crippen molar-refractivity contribution in [3.8, 4) is 0 Å². The first kappa shape index (κ1) is 14.3. The standard InChI is InChI=1S/C11H17F2N5/c1-3-7(2)17-11(14)16-6-9-15-5-4-8(18-9)10(12)13/h4-5,7,10H,3,6H2,1-2H3,(H3,14,16,17). The number of nitrogens with one attached hydrogen (secondary N) is 1. The molecular weight excluding hydrogens is 240 g/mol. The molecule has 3 N–H and O–H groups in total. The summed E-state index contributed by atoms with van der Waals surface area (Å²) in [5, 5.41) is 2.96. The highest BCUT2D eigenvalue weighted by atomic mass is 19.3. The summed E-state index contributed by atoms with van der Waals surface area (Å²) in [5.41, 5.74) is 5.33. The van der Waals surface area contributed by atoms with E-state index in [9.17, 15) is 8.78 Å². The van der Waals surface area contributed by atoms with E-state index in [0.717, 1.165) is 6.42 Å². The molecule has 0 aliphatic heterocycles. The molecule has 0 fully saturated rings. The molecule has 0 saturated carbocycles. The minimum Gasteiger partial charge on any atom is -0.370 e. The first-order chi connectivity index (χ1) is 8.52. The molecule has 5 nitrogen and oxygen atoms in total. The van der Waals surface area contributed by atoms with Crippen LogP contribution in [-0.4, -0.2) is 22.0 Å². The third-order valence-electron chi connectivity index (χ3n) is 2.35. The summed E-state index contributed by atoms with van der Waals surface area (Å²) in [6, 6.07) is 1.39. The van der Waals surface area contributed by atoms with Crippen LogP contribution in [0.2, 0.25) is 0 Å². The predicted molar refractivity (Wildman–Crippen MR) is 65.2 cm³/mol. The Morgan fingerprint density at radius 1 is 1.56 bits per heavy atom. The van der Waals surface area contributed by atoms with E-state index in [4.69, 9.17) is 5.73 Å². The fourth-order valence-corrected chi connectivity index (χ4v) is 1.17. The van der Waals surface area contributed by atoms with Crippen molar-refractivity contribution in [2.24, 2.45) is 10.7 Å². The third-order valence-corrected chi connectivity index (χ3v) is 2.35. The molecule has 1 aromatic rings. The fourth-order valence-electron chi connectivity index (χ4n) is 1.17. The molecule has 0 bridgehead atoms. The van der Waals surface area contributed by atoms with Crippen LogP contribution in [0.4, 0.5) is 8.78 Å². The maximum absolute atomic E-state index is 12.4. The van der Waals surface area contributed by atoms with Gasteiger partial charge in [-0.05, 0) is 19.4 Å². The van der Waals surface area contributed by atoms with E-state index in [-0.39, 0.29) is 30.1 Å². The average Bonchev–Trinajstić information content (AvgIpc) is 2.36. The van der Waals surface area contributed by atoms with Crippen molar-refractivity contribution in [1.82, 2.24) is 15.3 Å². The lowest BCUT2D eigenvalue weighted by molar-refractivity contribution is 0.145. The molecular formula is C11H17F2N5. The Kier molecular flexibility index (Phi) is 5.41. The number of rotatable bonds is 5. The van der Waals surface area contributed by atoms with E-state index in [0.29, 0.717) is 0 Å². The fraction of sp³-hybridized carbons (Fsp3) is 0.545. The molecule has 0 amide bonds. The van der Waals surface area contributed by atoms with Gasteiger partial charge < -0.3 is 11.1 Å². The van der Waals surface area contributed by atoms with Crippen LogP contribution in [0.25, 0.3) is 0 Å². The van der Waals surface area contributed by atoms with Crippen molar-refractivity contribution >= 4 is 5.96 Å². The summed E-state index contributed by atoms with van der Waals surface area (Å²) in [7, 11) is 0. The molecule has 7 heteroatoms. The van der Waals surface area contributed by atoms with E-state index in [1.807, 2.05) is 13.8 Å². The summed E-state index contributed by atoms with van der Waals surface area (Å²) in [5.74, 6) is 0.483. The number of nitrogens with two attached hydrogens (primary N) is 1. The molecule has 1 unspecified atom stereocenters. The van der Waals surface area contributed by atoms with E-state index in [1.54, 1.807) is 0 Å². The second-order valence-electron chi connectivity index (χ2n) is 3.85. The molecule has 1 heterocycles. The number of hydrogen-bond donors (Lipinski definition) is 2. The van der Waals surface area contributed by atoms with Gasteiger partial charge in [-0.15, -0.1) is 0 Å². The van der Waals surface area contributed by atoms with Crippen molar-refractivity contribution in [3.63, 3.8) is 0 Å². The summed E-state index contributed by atoms with van der Waals surface area (Å²) < 4.78 is 24.8. The van der Waals surface area contributed by atoms with Crippen molar-refractivity contribution in [1.29, 1.82) is 0 Å². The van der Waals surface area contributed by atoms with Crippen LogP contribution in [0.15, 0.2) is 17.3 Å². The topological polar surface area (TPSA) is 76.2 Å². The van der Waals surface area contributed by atoms with Crippen LogP contribution >= 0.6 is 0 Å². The predicted octanol–water partition coefficient (Wildman–Crippen LogP) is 1.62. The monoisotopic (exact) mass is 257 g/mol. The molecule has 0 radical (unpaired) electrons. The lowest BCUT2D eigenvalue weighted by atomic mass is 10.3. The normalized spacial score (nSPS) is 13.7. The highest BCUT2D eigenvalue weighted by molar-refractivity contribution is 5.78. The highest BCUT2D eigenvalue weighted by Gasteiger charge is 2.09. The van der Waals surface area contributed by atoms with Gasteiger partial charge in [0.15, 0.2) is 5.96 Å². The van der Waals surface area contributed by atoms with Crippen LogP contribution in [0.5, 0.6) is 0 Å². The van der Waals surface area contributed by atoms with Crippen LogP contribution in [0.3, 0.4) is 0 Å². The number of aromatic nitrogens is 2. The molecule has 0 aromatic carbocycles. The number of alkyl halides is 2. The van der Waals surface area contributed by atoms with E-state index in [2.05, 4.69) is 20.3 Å². The van der Waals surface area contributed by atoms with Crippen LogP contribution in [-0.2, 0) is 6.54 Å². The maximum atomic E-state index is 12.4. The van der Waals surface area contributed by atoms with Gasteiger partial charge in [0.2, 0.25) is 0 Å². The molecule has 1 atom stereocenters. The Hall–Kier alpha value is -1.79. The molecule has 1 aromatic heterocycles. The van der Waals surface area contributed by atoms with Gasteiger partial charge in [0, 0.05) is 12.2 Å². The summed E-state index contributed by atoms with van der Waals surface area (Å²) >= 11 is 0. The molecule has 0 aliphatic carbocycles. The third kappa shape index (κ3) is 4.60. The first-order valence-corrected chi connectivity index (χ1v) is 5.69. The number of hydrogen-bond acceptors (Lipinski definition) is 3. The summed E-state index contributed by atoms with van der Waals surface area (Å²) in [6.45, 7) is 4.06. The van der Waals surface area contributed by atoms with Crippen molar-refractivity contribution in [2.75, 3.05) is 0 Å². The number of aliphatic imine (C=N–C) groups is 1. The Balaban J connectivity index is 2.62. The zero-order valence-electron chi connectivity index (χ0n) is 10.4. The number of nitrogens with zero attached hydrogens (tertiary/aromatic N) is 3.